The number of piperidine rings is 1. The van der Waals surface area contributed by atoms with Crippen molar-refractivity contribution in [2.75, 3.05) is 13.1 Å². The monoisotopic (exact) mass is 477 g/mol. The van der Waals surface area contributed by atoms with Crippen LogP contribution in [0.5, 0.6) is 0 Å². The summed E-state index contributed by atoms with van der Waals surface area (Å²) in [7, 11) is 0. The number of hydrogen-bond donors (Lipinski definition) is 0. The first-order chi connectivity index (χ1) is 17.0. The number of nitrogens with zero attached hydrogens (tertiary/aromatic N) is 1. The molecule has 36 heavy (non-hydrogen) atoms. The van der Waals surface area contributed by atoms with Crippen molar-refractivity contribution in [1.82, 2.24) is 4.90 Å². The van der Waals surface area contributed by atoms with Crippen LogP contribution >= 0.6 is 0 Å². The number of benzene rings is 3. The molecule has 1 aliphatic rings. The molecular weight excluding hydrogens is 438 g/mol. The topological polar surface area (TPSA) is 20.3 Å². The van der Waals surface area contributed by atoms with Crippen molar-refractivity contribution in [1.29, 1.82) is 0 Å². The third-order valence-electron chi connectivity index (χ3n) is 6.86. The molecule has 0 unspecified atom stereocenters. The van der Waals surface area contributed by atoms with Gasteiger partial charge in [0.05, 0.1) is 0 Å². The number of carbonyl (C=O) groups is 1. The first kappa shape index (κ1) is 25.9. The number of hydrogen-bond acceptors (Lipinski definition) is 2. The lowest BCUT2D eigenvalue weighted by Gasteiger charge is -2.30. The number of Topliss-reactive ketones (excluding diaryl/α,β-unsaturated/α-hetero) is 1. The van der Waals surface area contributed by atoms with Crippen LogP contribution in [0.1, 0.15) is 69.4 Å². The zero-order chi connectivity index (χ0) is 25.9. The molecule has 1 fully saturated rings. The Morgan fingerprint density at radius 2 is 1.06 bits per heavy atom. The van der Waals surface area contributed by atoms with E-state index in [0.29, 0.717) is 13.1 Å². The van der Waals surface area contributed by atoms with Crippen molar-refractivity contribution in [2.24, 2.45) is 0 Å². The van der Waals surface area contributed by atoms with E-state index in [2.05, 4.69) is 131 Å². The van der Waals surface area contributed by atoms with Gasteiger partial charge in [0.1, 0.15) is 0 Å². The third-order valence-corrected chi connectivity index (χ3v) is 6.86. The number of carbonyl (C=O) groups excluding carboxylic acids is 1. The van der Waals surface area contributed by atoms with Gasteiger partial charge in [-0.15, -0.1) is 0 Å². The number of ketones is 1. The quantitative estimate of drug-likeness (QED) is 0.357. The van der Waals surface area contributed by atoms with Crippen molar-refractivity contribution < 1.29 is 4.79 Å². The lowest BCUT2D eigenvalue weighted by atomic mass is 9.86. The minimum Gasteiger partial charge on any atom is -0.290 e. The minimum absolute atomic E-state index is 0.108. The largest absolute Gasteiger partial charge is 0.290 e. The van der Waals surface area contributed by atoms with Crippen LogP contribution in [0.15, 0.2) is 90.0 Å². The van der Waals surface area contributed by atoms with Crippen LogP contribution in [0.4, 0.5) is 0 Å². The molecule has 0 amide bonds. The molecule has 4 rings (SSSR count). The van der Waals surface area contributed by atoms with E-state index in [1.54, 1.807) is 0 Å². The molecule has 3 aromatic carbocycles. The molecule has 0 N–H and O–H groups in total. The van der Waals surface area contributed by atoms with E-state index in [4.69, 9.17) is 0 Å². The second kappa shape index (κ2) is 10.4. The summed E-state index contributed by atoms with van der Waals surface area (Å²) in [4.78, 5) is 16.0. The Kier molecular flexibility index (Phi) is 7.47. The molecule has 1 heterocycles. The molecule has 186 valence electrons. The van der Waals surface area contributed by atoms with E-state index in [9.17, 15) is 4.79 Å². The Bertz CT molecular complexity index is 1170. The maximum absolute atomic E-state index is 13.6. The van der Waals surface area contributed by atoms with E-state index in [1.807, 2.05) is 6.07 Å². The van der Waals surface area contributed by atoms with Gasteiger partial charge in [-0.3, -0.25) is 9.69 Å². The Morgan fingerprint density at radius 1 is 0.639 bits per heavy atom. The van der Waals surface area contributed by atoms with Gasteiger partial charge in [-0.1, -0.05) is 120 Å². The van der Waals surface area contributed by atoms with Crippen molar-refractivity contribution in [3.8, 4) is 0 Å². The fraction of sp³-hybridized carbons (Fsp3) is 0.324. The number of likely N-dealkylation sites (tertiary alicyclic amines) is 1. The molecule has 1 saturated heterocycles. The molecule has 0 spiro atoms. The van der Waals surface area contributed by atoms with Gasteiger partial charge in [0.2, 0.25) is 0 Å². The van der Waals surface area contributed by atoms with E-state index in [0.717, 1.165) is 28.8 Å². The average molecular weight is 478 g/mol. The van der Waals surface area contributed by atoms with E-state index in [1.165, 1.54) is 16.7 Å². The highest BCUT2D eigenvalue weighted by molar-refractivity contribution is 6.14. The Morgan fingerprint density at radius 3 is 1.44 bits per heavy atom. The van der Waals surface area contributed by atoms with Gasteiger partial charge in [0.25, 0.3) is 0 Å². The maximum Gasteiger partial charge on any atom is 0.187 e. The normalized spacial score (nSPS) is 17.7. The summed E-state index contributed by atoms with van der Waals surface area (Å²) < 4.78 is 0. The minimum atomic E-state index is 0.108. The lowest BCUT2D eigenvalue weighted by Crippen LogP contribution is -2.37. The first-order valence-corrected chi connectivity index (χ1v) is 12.9. The summed E-state index contributed by atoms with van der Waals surface area (Å²) in [5, 5.41) is 0. The highest BCUT2D eigenvalue weighted by Gasteiger charge is 2.26. The molecular formula is C34H39NO. The molecule has 2 nitrogen and oxygen atoms in total. The summed E-state index contributed by atoms with van der Waals surface area (Å²) in [5.74, 6) is 0.152. The molecule has 0 atom stereocenters. The van der Waals surface area contributed by atoms with Crippen LogP contribution in [-0.4, -0.2) is 23.8 Å². The van der Waals surface area contributed by atoms with Crippen LogP contribution in [0.25, 0.3) is 12.2 Å². The lowest BCUT2D eigenvalue weighted by molar-refractivity contribution is -0.113. The zero-order valence-corrected chi connectivity index (χ0v) is 22.6. The van der Waals surface area contributed by atoms with Crippen LogP contribution < -0.4 is 0 Å². The van der Waals surface area contributed by atoms with Crippen molar-refractivity contribution in [3.63, 3.8) is 0 Å². The zero-order valence-electron chi connectivity index (χ0n) is 22.6. The molecule has 0 aliphatic carbocycles. The van der Waals surface area contributed by atoms with Gasteiger partial charge in [0, 0.05) is 30.8 Å². The molecule has 1 aliphatic heterocycles. The van der Waals surface area contributed by atoms with Crippen LogP contribution in [0, 0.1) is 0 Å². The van der Waals surface area contributed by atoms with Gasteiger partial charge in [0.15, 0.2) is 5.78 Å². The first-order valence-electron chi connectivity index (χ1n) is 12.9. The maximum atomic E-state index is 13.6. The van der Waals surface area contributed by atoms with Crippen molar-refractivity contribution >= 4 is 17.9 Å². The molecule has 0 bridgehead atoms. The third kappa shape index (κ3) is 6.50. The van der Waals surface area contributed by atoms with E-state index >= 15 is 0 Å². The van der Waals surface area contributed by atoms with Crippen LogP contribution in [-0.2, 0) is 22.2 Å². The highest BCUT2D eigenvalue weighted by Crippen LogP contribution is 2.27. The standard InChI is InChI=1S/C34H39NO/c1-33(2,3)30-16-12-25(13-17-30)20-28-23-35(22-27-10-8-7-9-11-27)24-29(32(28)36)21-26-14-18-31(19-15-26)34(4,5)6/h7-21H,22-24H2,1-6H3/b28-20+,29-21+. The molecule has 0 saturated carbocycles. The van der Waals surface area contributed by atoms with Gasteiger partial charge < -0.3 is 0 Å². The highest BCUT2D eigenvalue weighted by atomic mass is 16.1. The van der Waals surface area contributed by atoms with E-state index < -0.39 is 0 Å². The van der Waals surface area contributed by atoms with Gasteiger partial charge >= 0.3 is 0 Å². The van der Waals surface area contributed by atoms with Gasteiger partial charge in [-0.25, -0.2) is 0 Å². The molecule has 0 radical (unpaired) electrons. The van der Waals surface area contributed by atoms with Crippen LogP contribution in [0.2, 0.25) is 0 Å². The van der Waals surface area contributed by atoms with Gasteiger partial charge in [-0.05, 0) is 50.8 Å². The van der Waals surface area contributed by atoms with Crippen LogP contribution in [0.3, 0.4) is 0 Å². The fourth-order valence-corrected chi connectivity index (χ4v) is 4.62. The molecule has 2 heteroatoms. The Balaban J connectivity index is 1.66. The Labute approximate surface area is 217 Å². The average Bonchev–Trinajstić information content (AvgIpc) is 2.82. The predicted molar refractivity (Wildman–Crippen MR) is 153 cm³/mol. The summed E-state index contributed by atoms with van der Waals surface area (Å²) in [6.07, 6.45) is 4.14. The van der Waals surface area contributed by atoms with Gasteiger partial charge in [-0.2, -0.15) is 0 Å². The fourth-order valence-electron chi connectivity index (χ4n) is 4.62. The Hall–Kier alpha value is -3.23. The second-order valence-corrected chi connectivity index (χ2v) is 12.0. The summed E-state index contributed by atoms with van der Waals surface area (Å²) in [6, 6.07) is 27.7. The smallest absolute Gasteiger partial charge is 0.187 e. The summed E-state index contributed by atoms with van der Waals surface area (Å²) in [6.45, 7) is 15.4. The molecule has 3 aromatic rings. The SMILES string of the molecule is CC(C)(C)c1ccc(/C=C2\CN(Cc3ccccc3)C/C(=C\c3ccc(C(C)(C)C)cc3)C2=O)cc1. The molecule has 0 aromatic heterocycles. The summed E-state index contributed by atoms with van der Waals surface area (Å²) in [5.41, 5.74) is 7.90. The van der Waals surface area contributed by atoms with Crippen molar-refractivity contribution in [2.45, 2.75) is 58.9 Å². The van der Waals surface area contributed by atoms with Crippen molar-refractivity contribution in [3.05, 3.63) is 118 Å². The second-order valence-electron chi connectivity index (χ2n) is 12.0. The van der Waals surface area contributed by atoms with E-state index in [-0.39, 0.29) is 16.6 Å². The number of rotatable bonds is 4. The summed E-state index contributed by atoms with van der Waals surface area (Å²) >= 11 is 0. The predicted octanol–water partition coefficient (Wildman–Crippen LogP) is 7.83.